The molecule has 2 aliphatic carbocycles. The van der Waals surface area contributed by atoms with E-state index in [9.17, 15) is 14.7 Å². The molecule has 1 aliphatic heterocycles. The molecular formula is C16H20O6. The van der Waals surface area contributed by atoms with Crippen LogP contribution in [0.1, 0.15) is 32.6 Å². The van der Waals surface area contributed by atoms with Crippen molar-refractivity contribution in [1.29, 1.82) is 0 Å². The summed E-state index contributed by atoms with van der Waals surface area (Å²) >= 11 is 0. The van der Waals surface area contributed by atoms with E-state index in [0.29, 0.717) is 32.5 Å². The number of fused-ring (bicyclic) bond motifs is 1. The number of allylic oxidation sites excluding steroid dienone is 2. The maximum atomic E-state index is 12.7. The third kappa shape index (κ3) is 2.27. The van der Waals surface area contributed by atoms with Crippen LogP contribution in [0.2, 0.25) is 0 Å². The quantitative estimate of drug-likeness (QED) is 0.476. The minimum atomic E-state index is -0.985. The van der Waals surface area contributed by atoms with Gasteiger partial charge < -0.3 is 19.3 Å². The largest absolute Gasteiger partial charge is 0.515 e. The normalized spacial score (nSPS) is 32.0. The highest BCUT2D eigenvalue weighted by Gasteiger charge is 2.57. The van der Waals surface area contributed by atoms with Crippen molar-refractivity contribution in [2.75, 3.05) is 19.8 Å². The van der Waals surface area contributed by atoms with E-state index in [1.54, 1.807) is 6.92 Å². The average Bonchev–Trinajstić information content (AvgIpc) is 2.95. The van der Waals surface area contributed by atoms with E-state index in [2.05, 4.69) is 0 Å². The van der Waals surface area contributed by atoms with Crippen LogP contribution >= 0.6 is 0 Å². The summed E-state index contributed by atoms with van der Waals surface area (Å²) in [5.74, 6) is -1.42. The molecule has 3 aliphatic rings. The van der Waals surface area contributed by atoms with Gasteiger partial charge in [0, 0.05) is 18.4 Å². The molecule has 3 rings (SSSR count). The lowest BCUT2D eigenvalue weighted by Gasteiger charge is -2.46. The van der Waals surface area contributed by atoms with Crippen LogP contribution in [0, 0.1) is 5.41 Å². The van der Waals surface area contributed by atoms with Gasteiger partial charge in [-0.25, -0.2) is 0 Å². The van der Waals surface area contributed by atoms with Crippen LogP contribution in [0.25, 0.3) is 0 Å². The molecule has 2 fully saturated rings. The van der Waals surface area contributed by atoms with Crippen LogP contribution < -0.4 is 0 Å². The van der Waals surface area contributed by atoms with Gasteiger partial charge in [0.2, 0.25) is 0 Å². The number of hydrogen-bond acceptors (Lipinski definition) is 6. The van der Waals surface area contributed by atoms with Gasteiger partial charge >= 0.3 is 5.97 Å². The number of hydrogen-bond donors (Lipinski definition) is 1. The Balaban J connectivity index is 2.03. The van der Waals surface area contributed by atoms with E-state index in [0.717, 1.165) is 11.8 Å². The maximum Gasteiger partial charge on any atom is 0.316 e. The van der Waals surface area contributed by atoms with Gasteiger partial charge in [-0.05, 0) is 31.4 Å². The number of ketones is 1. The van der Waals surface area contributed by atoms with Crippen molar-refractivity contribution < 1.29 is 28.9 Å². The van der Waals surface area contributed by atoms with Gasteiger partial charge in [0.1, 0.15) is 0 Å². The molecule has 1 saturated carbocycles. The number of ether oxygens (including phenoxy) is 3. The van der Waals surface area contributed by atoms with Crippen LogP contribution in [0.15, 0.2) is 23.5 Å². The molecule has 0 amide bonds. The third-order valence-electron chi connectivity index (χ3n) is 4.71. The molecule has 1 heterocycles. The Labute approximate surface area is 128 Å². The van der Waals surface area contributed by atoms with Crippen molar-refractivity contribution >= 4 is 11.8 Å². The third-order valence-corrected chi connectivity index (χ3v) is 4.71. The second-order valence-electron chi connectivity index (χ2n) is 5.95. The molecule has 6 heteroatoms. The van der Waals surface area contributed by atoms with Crippen LogP contribution in [-0.4, -0.2) is 42.5 Å². The van der Waals surface area contributed by atoms with E-state index in [-0.39, 0.29) is 30.4 Å². The van der Waals surface area contributed by atoms with Crippen molar-refractivity contribution in [3.05, 3.63) is 23.5 Å². The van der Waals surface area contributed by atoms with E-state index >= 15 is 0 Å². The van der Waals surface area contributed by atoms with Gasteiger partial charge in [-0.2, -0.15) is 0 Å². The van der Waals surface area contributed by atoms with Crippen molar-refractivity contribution in [2.45, 2.75) is 38.4 Å². The Morgan fingerprint density at radius 3 is 2.82 bits per heavy atom. The van der Waals surface area contributed by atoms with Crippen LogP contribution in [0.4, 0.5) is 0 Å². The lowest BCUT2D eigenvalue weighted by molar-refractivity contribution is -0.202. The van der Waals surface area contributed by atoms with Crippen molar-refractivity contribution in [1.82, 2.24) is 0 Å². The summed E-state index contributed by atoms with van der Waals surface area (Å²) in [5.41, 5.74) is -0.0146. The first-order valence-corrected chi connectivity index (χ1v) is 7.59. The SMILES string of the molecule is CCOC(=O)C12C/C(=C/O)C(=O)C=C1CCC1(C2)OCCO1. The molecule has 6 nitrogen and oxygen atoms in total. The lowest BCUT2D eigenvalue weighted by atomic mass is 9.61. The minimum Gasteiger partial charge on any atom is -0.515 e. The monoisotopic (exact) mass is 308 g/mol. The number of esters is 1. The number of carbonyl (C=O) groups is 2. The molecule has 1 saturated heterocycles. The number of carbonyl (C=O) groups excluding carboxylic acids is 2. The van der Waals surface area contributed by atoms with Gasteiger partial charge in [0.25, 0.3) is 0 Å². The predicted molar refractivity (Wildman–Crippen MR) is 76.0 cm³/mol. The first kappa shape index (κ1) is 15.2. The Kier molecular flexibility index (Phi) is 3.82. The highest BCUT2D eigenvalue weighted by molar-refractivity contribution is 6.07. The first-order valence-electron chi connectivity index (χ1n) is 7.59. The molecule has 1 spiro atoms. The Morgan fingerprint density at radius 1 is 1.45 bits per heavy atom. The Morgan fingerprint density at radius 2 is 2.18 bits per heavy atom. The minimum absolute atomic E-state index is 0.126. The number of rotatable bonds is 2. The van der Waals surface area contributed by atoms with Crippen LogP contribution in [-0.2, 0) is 23.8 Å². The Bertz CT molecular complexity index is 555. The van der Waals surface area contributed by atoms with Gasteiger partial charge in [0.15, 0.2) is 11.6 Å². The van der Waals surface area contributed by atoms with Gasteiger partial charge in [-0.3, -0.25) is 9.59 Å². The van der Waals surface area contributed by atoms with Crippen LogP contribution in [0.5, 0.6) is 0 Å². The fraction of sp³-hybridized carbons (Fsp3) is 0.625. The van der Waals surface area contributed by atoms with Crippen molar-refractivity contribution in [2.24, 2.45) is 5.41 Å². The predicted octanol–water partition coefficient (Wildman–Crippen LogP) is 1.80. The summed E-state index contributed by atoms with van der Waals surface area (Å²) in [4.78, 5) is 24.7. The van der Waals surface area contributed by atoms with Gasteiger partial charge in [-0.15, -0.1) is 0 Å². The van der Waals surface area contributed by atoms with E-state index in [4.69, 9.17) is 14.2 Å². The summed E-state index contributed by atoms with van der Waals surface area (Å²) in [7, 11) is 0. The number of aliphatic hydroxyl groups is 1. The second kappa shape index (κ2) is 5.52. The second-order valence-corrected chi connectivity index (χ2v) is 5.95. The lowest BCUT2D eigenvalue weighted by Crippen LogP contribution is -2.50. The molecule has 0 bridgehead atoms. The maximum absolute atomic E-state index is 12.7. The topological polar surface area (TPSA) is 82.1 Å². The molecular weight excluding hydrogens is 288 g/mol. The summed E-state index contributed by atoms with van der Waals surface area (Å²) in [6.07, 6.45) is 3.85. The van der Waals surface area contributed by atoms with Crippen molar-refractivity contribution in [3.8, 4) is 0 Å². The average molecular weight is 308 g/mol. The number of aliphatic hydroxyl groups excluding tert-OH is 1. The Hall–Kier alpha value is -1.66. The summed E-state index contributed by atoms with van der Waals surface area (Å²) in [6, 6.07) is 0. The van der Waals surface area contributed by atoms with E-state index in [1.807, 2.05) is 0 Å². The van der Waals surface area contributed by atoms with E-state index < -0.39 is 11.2 Å². The standard InChI is InChI=1S/C16H20O6/c1-2-20-14(19)15-8-11(9-17)13(18)7-12(15)3-4-16(10-15)21-5-6-22-16/h7,9,17H,2-6,8,10H2,1H3/b11-9-. The zero-order valence-corrected chi connectivity index (χ0v) is 12.6. The molecule has 120 valence electrons. The van der Waals surface area contributed by atoms with Gasteiger partial charge in [0.05, 0.1) is 31.5 Å². The summed E-state index contributed by atoms with van der Waals surface area (Å²) in [5, 5.41) is 9.31. The highest BCUT2D eigenvalue weighted by Crippen LogP contribution is 2.54. The molecule has 1 atom stereocenters. The fourth-order valence-electron chi connectivity index (χ4n) is 3.67. The molecule has 0 aromatic carbocycles. The molecule has 0 aromatic rings. The zero-order valence-electron chi connectivity index (χ0n) is 12.6. The molecule has 1 N–H and O–H groups in total. The fourth-order valence-corrected chi connectivity index (χ4v) is 3.67. The highest BCUT2D eigenvalue weighted by atomic mass is 16.7. The van der Waals surface area contributed by atoms with E-state index in [1.165, 1.54) is 6.08 Å². The summed E-state index contributed by atoms with van der Waals surface area (Å²) in [6.45, 7) is 3.00. The van der Waals surface area contributed by atoms with Crippen LogP contribution in [0.3, 0.4) is 0 Å². The molecule has 0 aromatic heterocycles. The molecule has 22 heavy (non-hydrogen) atoms. The molecule has 0 radical (unpaired) electrons. The van der Waals surface area contributed by atoms with Crippen molar-refractivity contribution in [3.63, 3.8) is 0 Å². The summed E-state index contributed by atoms with van der Waals surface area (Å²) < 4.78 is 16.8. The van der Waals surface area contributed by atoms with Gasteiger partial charge in [-0.1, -0.05) is 0 Å². The molecule has 1 unspecified atom stereocenters. The first-order chi connectivity index (χ1) is 10.6. The zero-order chi connectivity index (χ0) is 15.8. The smallest absolute Gasteiger partial charge is 0.316 e.